The third-order valence-corrected chi connectivity index (χ3v) is 12.8. The maximum Gasteiger partial charge on any atom is 0.341 e. The fourth-order valence-electron chi connectivity index (χ4n) is 10.2. The molecule has 0 aromatic heterocycles. The Kier molecular flexibility index (Phi) is 4.31. The van der Waals surface area contributed by atoms with Crippen LogP contribution in [0, 0.1) is 40.4 Å². The van der Waals surface area contributed by atoms with Crippen molar-refractivity contribution in [3.05, 3.63) is 12.2 Å². The lowest BCUT2D eigenvalue weighted by atomic mass is 9.42. The molecule has 7 rings (SSSR count). The number of rotatable bonds is 2. The molecule has 35 heavy (non-hydrogen) atoms. The lowest BCUT2D eigenvalue weighted by Crippen LogP contribution is -2.70. The number of hydrogen-bond donors (Lipinski definition) is 3. The van der Waals surface area contributed by atoms with E-state index in [0.717, 1.165) is 12.8 Å². The number of aliphatic hydroxyl groups excluding tert-OH is 2. The molecule has 7 heteroatoms. The van der Waals surface area contributed by atoms with E-state index in [0.29, 0.717) is 19.3 Å². The number of cyclic esters (lactones) is 1. The number of hydrogen-bond acceptors (Lipinski definition) is 7. The second kappa shape index (κ2) is 6.52. The summed E-state index contributed by atoms with van der Waals surface area (Å²) >= 11 is 0. The van der Waals surface area contributed by atoms with Gasteiger partial charge in [0.1, 0.15) is 23.4 Å². The highest BCUT2D eigenvalue weighted by Gasteiger charge is 2.79. The summed E-state index contributed by atoms with van der Waals surface area (Å²) in [5.41, 5.74) is -3.47. The molecule has 3 aliphatic heterocycles. The molecule has 0 bridgehead atoms. The van der Waals surface area contributed by atoms with Gasteiger partial charge in [0.15, 0.2) is 5.60 Å². The van der Waals surface area contributed by atoms with Crippen molar-refractivity contribution >= 4 is 5.97 Å². The van der Waals surface area contributed by atoms with Gasteiger partial charge in [-0.05, 0) is 74.5 Å². The first-order valence-corrected chi connectivity index (χ1v) is 13.6. The van der Waals surface area contributed by atoms with E-state index in [9.17, 15) is 20.1 Å². The quantitative estimate of drug-likeness (QED) is 0.311. The summed E-state index contributed by atoms with van der Waals surface area (Å²) in [7, 11) is 0. The molecule has 7 nitrogen and oxygen atoms in total. The summed E-state index contributed by atoms with van der Waals surface area (Å²) < 4.78 is 18.0. The second-order valence-corrected chi connectivity index (χ2v) is 13.8. The van der Waals surface area contributed by atoms with E-state index < -0.39 is 34.4 Å². The molecule has 3 saturated carbocycles. The lowest BCUT2D eigenvalue weighted by Gasteiger charge is -2.63. The first kappa shape index (κ1) is 23.2. The minimum atomic E-state index is -1.10. The summed E-state index contributed by atoms with van der Waals surface area (Å²) in [6.07, 6.45) is 5.53. The molecule has 0 radical (unpaired) electrons. The first-order valence-electron chi connectivity index (χ1n) is 13.6. The van der Waals surface area contributed by atoms with Crippen LogP contribution in [-0.2, 0) is 19.0 Å². The zero-order chi connectivity index (χ0) is 24.9. The fourth-order valence-corrected chi connectivity index (χ4v) is 10.2. The van der Waals surface area contributed by atoms with Gasteiger partial charge >= 0.3 is 5.97 Å². The Morgan fingerprint density at radius 1 is 1.11 bits per heavy atom. The number of aliphatic hydroxyl groups is 3. The van der Waals surface area contributed by atoms with Gasteiger partial charge in [-0.1, -0.05) is 32.9 Å². The number of epoxide rings is 2. The van der Waals surface area contributed by atoms with Gasteiger partial charge < -0.3 is 29.5 Å². The van der Waals surface area contributed by atoms with Crippen LogP contribution < -0.4 is 0 Å². The van der Waals surface area contributed by atoms with Crippen molar-refractivity contribution in [2.45, 2.75) is 114 Å². The summed E-state index contributed by atoms with van der Waals surface area (Å²) in [5, 5.41) is 34.8. The Hall–Kier alpha value is -0.990. The number of ether oxygens (including phenoxy) is 3. The van der Waals surface area contributed by atoms with Crippen molar-refractivity contribution < 1.29 is 34.3 Å². The van der Waals surface area contributed by atoms with E-state index in [1.54, 1.807) is 0 Å². The number of fused-ring (bicyclic) bond motifs is 9. The molecule has 6 fully saturated rings. The van der Waals surface area contributed by atoms with Crippen LogP contribution in [0.25, 0.3) is 0 Å². The molecule has 3 unspecified atom stereocenters. The van der Waals surface area contributed by atoms with Gasteiger partial charge in [0.05, 0.1) is 18.3 Å². The molecule has 3 N–H and O–H groups in total. The molecule has 15 atom stereocenters. The fraction of sp³-hybridized carbons (Fsp3) is 0.893. The van der Waals surface area contributed by atoms with Crippen LogP contribution in [0.4, 0.5) is 0 Å². The van der Waals surface area contributed by atoms with E-state index in [1.807, 2.05) is 32.9 Å². The Labute approximate surface area is 207 Å². The molecule has 0 spiro atoms. The molecule has 3 heterocycles. The van der Waals surface area contributed by atoms with Gasteiger partial charge in [0.25, 0.3) is 0 Å². The molecule has 7 aliphatic rings. The molecule has 194 valence electrons. The second-order valence-electron chi connectivity index (χ2n) is 13.8. The molecule has 4 aliphatic carbocycles. The van der Waals surface area contributed by atoms with Gasteiger partial charge in [-0.15, -0.1) is 0 Å². The largest absolute Gasteiger partial charge is 0.460 e. The normalized spacial score (nSPS) is 64.7. The highest BCUT2D eigenvalue weighted by Crippen LogP contribution is 2.72. The highest BCUT2D eigenvalue weighted by molar-refractivity contribution is 5.85. The van der Waals surface area contributed by atoms with E-state index in [4.69, 9.17) is 14.2 Å². The van der Waals surface area contributed by atoms with Crippen molar-refractivity contribution in [2.75, 3.05) is 0 Å². The zero-order valence-electron chi connectivity index (χ0n) is 21.4. The van der Waals surface area contributed by atoms with Crippen LogP contribution in [0.5, 0.6) is 0 Å². The SMILES string of the molecule is C[C@@H]([C@H]1CCC2C3C(C[C@H](O)[C@@]21C)[C@@]1(C)[C@H](O)C=CC[C@]1(O)[C@H]1O[C@@H]31)[C@H]1C[C@]2(C)O[C@]2(C)C(=O)O1. The Morgan fingerprint density at radius 2 is 1.86 bits per heavy atom. The average Bonchev–Trinajstić information content (AvgIpc) is 3.66. The molecular weight excluding hydrogens is 448 g/mol. The van der Waals surface area contributed by atoms with Gasteiger partial charge in [-0.25, -0.2) is 4.79 Å². The predicted octanol–water partition coefficient (Wildman–Crippen LogP) is 2.35. The van der Waals surface area contributed by atoms with Gasteiger partial charge in [0.2, 0.25) is 0 Å². The molecule has 0 aromatic rings. The molecular formula is C28H40O7. The van der Waals surface area contributed by atoms with E-state index in [2.05, 4.69) is 13.8 Å². The van der Waals surface area contributed by atoms with Crippen LogP contribution >= 0.6 is 0 Å². The smallest absolute Gasteiger partial charge is 0.341 e. The van der Waals surface area contributed by atoms with Crippen LogP contribution in [0.15, 0.2) is 12.2 Å². The summed E-state index contributed by atoms with van der Waals surface area (Å²) in [6.45, 7) is 10.2. The van der Waals surface area contributed by atoms with Crippen LogP contribution in [0.1, 0.15) is 66.7 Å². The Morgan fingerprint density at radius 3 is 2.57 bits per heavy atom. The van der Waals surface area contributed by atoms with E-state index >= 15 is 0 Å². The van der Waals surface area contributed by atoms with Crippen molar-refractivity contribution in [2.24, 2.45) is 40.4 Å². The monoisotopic (exact) mass is 488 g/mol. The van der Waals surface area contributed by atoms with Crippen LogP contribution in [0.3, 0.4) is 0 Å². The summed E-state index contributed by atoms with van der Waals surface area (Å²) in [5.74, 6) is 0.440. The lowest BCUT2D eigenvalue weighted by molar-refractivity contribution is -0.227. The maximum absolute atomic E-state index is 12.7. The predicted molar refractivity (Wildman–Crippen MR) is 125 cm³/mol. The van der Waals surface area contributed by atoms with E-state index in [-0.39, 0.29) is 59.3 Å². The first-order chi connectivity index (χ1) is 16.3. The topological polar surface area (TPSA) is 112 Å². The van der Waals surface area contributed by atoms with Crippen LogP contribution in [0.2, 0.25) is 0 Å². The Balaban J connectivity index is 1.21. The molecule has 3 saturated heterocycles. The van der Waals surface area contributed by atoms with Crippen molar-refractivity contribution in [1.29, 1.82) is 0 Å². The number of carbonyl (C=O) groups excluding carboxylic acids is 1. The maximum atomic E-state index is 12.7. The van der Waals surface area contributed by atoms with Crippen LogP contribution in [-0.4, -0.2) is 68.6 Å². The Bertz CT molecular complexity index is 1010. The van der Waals surface area contributed by atoms with Crippen molar-refractivity contribution in [1.82, 2.24) is 0 Å². The van der Waals surface area contributed by atoms with Crippen molar-refractivity contribution in [3.63, 3.8) is 0 Å². The molecule has 0 amide bonds. The summed E-state index contributed by atoms with van der Waals surface area (Å²) in [4.78, 5) is 12.7. The zero-order valence-corrected chi connectivity index (χ0v) is 21.4. The number of carbonyl (C=O) groups is 1. The minimum absolute atomic E-state index is 0.0188. The average molecular weight is 489 g/mol. The standard InChI is InChI=1S/C28H40O7/c1-13(17-12-24(2)27(5,35-24)23(31)33-17)14-8-9-15-20-16(11-19(30)25(14,15)3)26(4)18(29)7-6-10-28(26,32)22-21(20)34-22/h6-7,13-22,29-30,32H,8-12H2,1-5H3/t13-,14+,15?,16?,17+,18+,19-,20?,21-,22-,24-,25+,26-,27+,28-/m0/s1. The minimum Gasteiger partial charge on any atom is -0.460 e. The third-order valence-electron chi connectivity index (χ3n) is 12.8. The van der Waals surface area contributed by atoms with Crippen molar-refractivity contribution in [3.8, 4) is 0 Å². The highest BCUT2D eigenvalue weighted by atomic mass is 16.7. The molecule has 0 aromatic carbocycles. The van der Waals surface area contributed by atoms with Gasteiger partial charge in [-0.2, -0.15) is 0 Å². The third kappa shape index (κ3) is 2.44. The number of esters is 1. The van der Waals surface area contributed by atoms with E-state index in [1.165, 1.54) is 0 Å². The van der Waals surface area contributed by atoms with Gasteiger partial charge in [0, 0.05) is 11.8 Å². The van der Waals surface area contributed by atoms with Gasteiger partial charge in [-0.3, -0.25) is 0 Å². The summed E-state index contributed by atoms with van der Waals surface area (Å²) in [6, 6.07) is 0.